The largest absolute Gasteiger partial charge is 0.494 e. The smallest absolute Gasteiger partial charge is 0.224 e. The fourth-order valence-electron chi connectivity index (χ4n) is 4.04. The summed E-state index contributed by atoms with van der Waals surface area (Å²) in [7, 11) is 0. The molecule has 2 aromatic heterocycles. The summed E-state index contributed by atoms with van der Waals surface area (Å²) in [6.07, 6.45) is 4.61. The van der Waals surface area contributed by atoms with Gasteiger partial charge in [0.15, 0.2) is 5.65 Å². The Labute approximate surface area is 199 Å². The molecule has 3 heterocycles. The Kier molecular flexibility index (Phi) is 6.97. The quantitative estimate of drug-likeness (QED) is 0.382. The van der Waals surface area contributed by atoms with Crippen LogP contribution < -0.4 is 10.1 Å². The van der Waals surface area contributed by atoms with E-state index >= 15 is 0 Å². The molecule has 1 aliphatic rings. The first-order valence-electron chi connectivity index (χ1n) is 11.8. The maximum atomic E-state index is 5.91. The van der Waals surface area contributed by atoms with E-state index in [9.17, 15) is 0 Å². The molecule has 1 saturated heterocycles. The maximum absolute atomic E-state index is 5.91. The van der Waals surface area contributed by atoms with E-state index in [4.69, 9.17) is 14.5 Å². The van der Waals surface area contributed by atoms with Crippen LogP contribution in [-0.4, -0.2) is 64.1 Å². The Morgan fingerprint density at radius 1 is 1.06 bits per heavy atom. The second-order valence-electron chi connectivity index (χ2n) is 8.52. The van der Waals surface area contributed by atoms with Crippen molar-refractivity contribution in [2.45, 2.75) is 19.9 Å². The van der Waals surface area contributed by atoms with Gasteiger partial charge < -0.3 is 14.8 Å². The van der Waals surface area contributed by atoms with Gasteiger partial charge in [0.25, 0.3) is 0 Å². The van der Waals surface area contributed by atoms with E-state index in [1.807, 2.05) is 28.9 Å². The van der Waals surface area contributed by atoms with Crippen LogP contribution in [0.5, 0.6) is 5.75 Å². The van der Waals surface area contributed by atoms with E-state index in [2.05, 4.69) is 51.5 Å². The Bertz CT molecular complexity index is 1220. The van der Waals surface area contributed by atoms with Gasteiger partial charge >= 0.3 is 0 Å². The standard InChI is InChI=1S/C26H30N6O2/c1-20-4-2-5-23(16-20)32-25-22(19-29-32)18-28-26(30-25)27-17-21-6-8-24(9-7-21)34-13-3-10-31-11-14-33-15-12-31/h2,4-9,16,18-19H,3,10-15,17H2,1H3,(H,27,28,30). The summed E-state index contributed by atoms with van der Waals surface area (Å²) in [6, 6.07) is 16.4. The van der Waals surface area contributed by atoms with Crippen molar-refractivity contribution in [1.29, 1.82) is 0 Å². The minimum Gasteiger partial charge on any atom is -0.494 e. The Hall–Kier alpha value is -3.49. The molecule has 0 aliphatic carbocycles. The zero-order valence-corrected chi connectivity index (χ0v) is 19.5. The molecule has 0 saturated carbocycles. The molecule has 0 bridgehead atoms. The molecule has 1 aliphatic heterocycles. The first kappa shape index (κ1) is 22.3. The molecular formula is C26H30N6O2. The van der Waals surface area contributed by atoms with Crippen LogP contribution in [0, 0.1) is 6.92 Å². The van der Waals surface area contributed by atoms with Crippen molar-refractivity contribution in [3.05, 3.63) is 72.1 Å². The van der Waals surface area contributed by atoms with Gasteiger partial charge in [-0.1, -0.05) is 24.3 Å². The van der Waals surface area contributed by atoms with Gasteiger partial charge in [-0.25, -0.2) is 9.67 Å². The number of anilines is 1. The van der Waals surface area contributed by atoms with E-state index in [-0.39, 0.29) is 0 Å². The first-order chi connectivity index (χ1) is 16.7. The molecule has 8 nitrogen and oxygen atoms in total. The van der Waals surface area contributed by atoms with E-state index in [1.165, 1.54) is 5.56 Å². The average Bonchev–Trinajstić information content (AvgIpc) is 3.30. The molecule has 176 valence electrons. The highest BCUT2D eigenvalue weighted by molar-refractivity contribution is 5.76. The van der Waals surface area contributed by atoms with Crippen LogP contribution in [-0.2, 0) is 11.3 Å². The Balaban J connectivity index is 1.15. The normalized spacial score (nSPS) is 14.4. The lowest BCUT2D eigenvalue weighted by molar-refractivity contribution is 0.0358. The van der Waals surface area contributed by atoms with Gasteiger partial charge in [-0.3, -0.25) is 4.90 Å². The number of rotatable bonds is 9. The van der Waals surface area contributed by atoms with Gasteiger partial charge in [-0.2, -0.15) is 10.1 Å². The molecule has 0 amide bonds. The summed E-state index contributed by atoms with van der Waals surface area (Å²) >= 11 is 0. The number of aromatic nitrogens is 4. The second-order valence-corrected chi connectivity index (χ2v) is 8.52. The van der Waals surface area contributed by atoms with Crippen molar-refractivity contribution >= 4 is 17.0 Å². The van der Waals surface area contributed by atoms with E-state index in [0.29, 0.717) is 12.5 Å². The summed E-state index contributed by atoms with van der Waals surface area (Å²) in [5.74, 6) is 1.47. The number of nitrogens with zero attached hydrogens (tertiary/aromatic N) is 5. The number of nitrogens with one attached hydrogen (secondary N) is 1. The van der Waals surface area contributed by atoms with Gasteiger partial charge in [-0.05, 0) is 48.7 Å². The van der Waals surface area contributed by atoms with Gasteiger partial charge in [0, 0.05) is 32.4 Å². The van der Waals surface area contributed by atoms with Crippen LogP contribution in [0.1, 0.15) is 17.5 Å². The predicted molar refractivity (Wildman–Crippen MR) is 133 cm³/mol. The third kappa shape index (κ3) is 5.52. The Morgan fingerprint density at radius 3 is 2.74 bits per heavy atom. The topological polar surface area (TPSA) is 77.3 Å². The molecule has 5 rings (SSSR count). The highest BCUT2D eigenvalue weighted by Gasteiger charge is 2.10. The minimum absolute atomic E-state index is 0.574. The number of fused-ring (bicyclic) bond motifs is 1. The Morgan fingerprint density at radius 2 is 1.91 bits per heavy atom. The van der Waals surface area contributed by atoms with Gasteiger partial charge in [0.05, 0.1) is 37.1 Å². The second kappa shape index (κ2) is 10.6. The number of morpholine rings is 1. The zero-order chi connectivity index (χ0) is 23.2. The predicted octanol–water partition coefficient (Wildman–Crippen LogP) is 3.84. The third-order valence-corrected chi connectivity index (χ3v) is 5.92. The number of benzene rings is 2. The summed E-state index contributed by atoms with van der Waals surface area (Å²) < 4.78 is 13.1. The van der Waals surface area contributed by atoms with Crippen LogP contribution in [0.15, 0.2) is 60.9 Å². The van der Waals surface area contributed by atoms with Crippen LogP contribution in [0.3, 0.4) is 0 Å². The van der Waals surface area contributed by atoms with Gasteiger partial charge in [0.2, 0.25) is 5.95 Å². The molecule has 0 atom stereocenters. The van der Waals surface area contributed by atoms with Gasteiger partial charge in [0.1, 0.15) is 5.75 Å². The molecule has 34 heavy (non-hydrogen) atoms. The molecule has 0 radical (unpaired) electrons. The van der Waals surface area contributed by atoms with Crippen molar-refractivity contribution in [2.75, 3.05) is 44.8 Å². The summed E-state index contributed by atoms with van der Waals surface area (Å²) in [6.45, 7) is 8.19. The fourth-order valence-corrected chi connectivity index (χ4v) is 4.04. The summed E-state index contributed by atoms with van der Waals surface area (Å²) in [5.41, 5.74) is 4.08. The molecule has 1 N–H and O–H groups in total. The molecule has 1 fully saturated rings. The summed E-state index contributed by atoms with van der Waals surface area (Å²) in [5, 5.41) is 8.72. The molecule has 0 spiro atoms. The van der Waals surface area contributed by atoms with Gasteiger partial charge in [-0.15, -0.1) is 0 Å². The maximum Gasteiger partial charge on any atom is 0.224 e. The van der Waals surface area contributed by atoms with E-state index in [0.717, 1.165) is 73.9 Å². The third-order valence-electron chi connectivity index (χ3n) is 5.92. The average molecular weight is 459 g/mol. The highest BCUT2D eigenvalue weighted by Crippen LogP contribution is 2.19. The number of aryl methyl sites for hydroxylation is 1. The van der Waals surface area contributed by atoms with Crippen molar-refractivity contribution < 1.29 is 9.47 Å². The number of ether oxygens (including phenoxy) is 2. The number of hydrogen-bond acceptors (Lipinski definition) is 7. The van der Waals surface area contributed by atoms with Crippen molar-refractivity contribution in [1.82, 2.24) is 24.6 Å². The van der Waals surface area contributed by atoms with Crippen LogP contribution in [0.2, 0.25) is 0 Å². The number of hydrogen-bond donors (Lipinski definition) is 1. The first-order valence-corrected chi connectivity index (χ1v) is 11.8. The molecule has 2 aromatic carbocycles. The van der Waals surface area contributed by atoms with Crippen molar-refractivity contribution in [2.24, 2.45) is 0 Å². The summed E-state index contributed by atoms with van der Waals surface area (Å²) in [4.78, 5) is 11.6. The molecular weight excluding hydrogens is 428 g/mol. The lowest BCUT2D eigenvalue weighted by Gasteiger charge is -2.26. The lowest BCUT2D eigenvalue weighted by atomic mass is 10.2. The zero-order valence-electron chi connectivity index (χ0n) is 19.5. The van der Waals surface area contributed by atoms with Crippen LogP contribution in [0.4, 0.5) is 5.95 Å². The highest BCUT2D eigenvalue weighted by atomic mass is 16.5. The van der Waals surface area contributed by atoms with Crippen molar-refractivity contribution in [3.63, 3.8) is 0 Å². The lowest BCUT2D eigenvalue weighted by Crippen LogP contribution is -2.37. The monoisotopic (exact) mass is 458 g/mol. The minimum atomic E-state index is 0.574. The van der Waals surface area contributed by atoms with E-state index < -0.39 is 0 Å². The van der Waals surface area contributed by atoms with Crippen LogP contribution in [0.25, 0.3) is 16.7 Å². The van der Waals surface area contributed by atoms with E-state index in [1.54, 1.807) is 12.4 Å². The fraction of sp³-hybridized carbons (Fsp3) is 0.346. The molecule has 8 heteroatoms. The SMILES string of the molecule is Cc1cccc(-n2ncc3cnc(NCc4ccc(OCCCN5CCOCC5)cc4)nc32)c1. The van der Waals surface area contributed by atoms with Crippen LogP contribution >= 0.6 is 0 Å². The van der Waals surface area contributed by atoms with Crippen molar-refractivity contribution in [3.8, 4) is 11.4 Å². The molecule has 0 unspecified atom stereocenters. The molecule has 4 aromatic rings.